The zero-order chi connectivity index (χ0) is 20.0. The van der Waals surface area contributed by atoms with Gasteiger partial charge in [0, 0.05) is 18.7 Å². The van der Waals surface area contributed by atoms with Gasteiger partial charge < -0.3 is 20.5 Å². The first-order chi connectivity index (χ1) is 12.9. The van der Waals surface area contributed by atoms with Crippen molar-refractivity contribution in [2.45, 2.75) is 6.10 Å². The second kappa shape index (κ2) is 8.91. The Morgan fingerprint density at radius 3 is 2.41 bits per heavy atom. The zero-order valence-electron chi connectivity index (χ0n) is 14.6. The van der Waals surface area contributed by atoms with Gasteiger partial charge in [-0.1, -0.05) is 41.9 Å². The smallest absolute Gasteiger partial charge is 0.343 e. The van der Waals surface area contributed by atoms with Crippen LogP contribution in [0.1, 0.15) is 22.0 Å². The van der Waals surface area contributed by atoms with Crippen molar-refractivity contribution in [1.29, 1.82) is 0 Å². The third kappa shape index (κ3) is 4.89. The second-order valence-corrected chi connectivity index (χ2v) is 5.75. The van der Waals surface area contributed by atoms with Gasteiger partial charge in [-0.25, -0.2) is 9.59 Å². The molecule has 0 saturated heterocycles. The minimum absolute atomic E-state index is 0.00891. The van der Waals surface area contributed by atoms with Crippen LogP contribution in [0.25, 0.3) is 0 Å². The molecule has 2 aromatic carbocycles. The number of carbonyl (C=O) groups is 3. The van der Waals surface area contributed by atoms with Crippen molar-refractivity contribution in [2.75, 3.05) is 19.9 Å². The predicted molar refractivity (Wildman–Crippen MR) is 99.6 cm³/mol. The molecule has 0 aromatic heterocycles. The Labute approximate surface area is 160 Å². The molecule has 3 amide bonds. The average molecular weight is 392 g/mol. The first kappa shape index (κ1) is 20.1. The molecular formula is C18H18ClN3O5. The van der Waals surface area contributed by atoms with Gasteiger partial charge >= 0.3 is 12.0 Å². The molecule has 0 saturated carbocycles. The van der Waals surface area contributed by atoms with Gasteiger partial charge in [-0.3, -0.25) is 10.1 Å². The third-order valence-electron chi connectivity index (χ3n) is 3.57. The van der Waals surface area contributed by atoms with E-state index < -0.39 is 24.0 Å². The summed E-state index contributed by atoms with van der Waals surface area (Å²) in [5.74, 6) is -1.54. The van der Waals surface area contributed by atoms with E-state index in [1.54, 1.807) is 30.3 Å². The summed E-state index contributed by atoms with van der Waals surface area (Å²) in [6, 6.07) is 10.2. The normalized spacial score (nSPS) is 11.2. The number of benzene rings is 2. The van der Waals surface area contributed by atoms with Crippen LogP contribution in [-0.4, -0.2) is 32.1 Å². The molecule has 8 nitrogen and oxygen atoms in total. The van der Waals surface area contributed by atoms with Crippen molar-refractivity contribution in [3.05, 3.63) is 58.6 Å². The van der Waals surface area contributed by atoms with Crippen LogP contribution in [0.3, 0.4) is 0 Å². The monoisotopic (exact) mass is 391 g/mol. The summed E-state index contributed by atoms with van der Waals surface area (Å²) in [5, 5.41) is 4.48. The van der Waals surface area contributed by atoms with Crippen LogP contribution < -0.4 is 21.1 Å². The molecule has 1 atom stereocenters. The number of methoxy groups -OCH3 is 1. The summed E-state index contributed by atoms with van der Waals surface area (Å²) in [6.07, 6.45) is -1.36. The van der Waals surface area contributed by atoms with E-state index in [9.17, 15) is 14.4 Å². The lowest BCUT2D eigenvalue weighted by atomic mass is 10.1. The van der Waals surface area contributed by atoms with Crippen LogP contribution in [0.4, 0.5) is 10.5 Å². The van der Waals surface area contributed by atoms with Crippen molar-refractivity contribution in [3.63, 3.8) is 0 Å². The number of urea groups is 1. The number of esters is 1. The fraction of sp³-hybridized carbons (Fsp3) is 0.167. The number of nitrogen functional groups attached to an aromatic ring is 1. The number of hydrogen-bond acceptors (Lipinski definition) is 6. The number of imide groups is 1. The molecule has 0 aliphatic rings. The highest BCUT2D eigenvalue weighted by atomic mass is 35.5. The van der Waals surface area contributed by atoms with E-state index in [4.69, 9.17) is 26.8 Å². The summed E-state index contributed by atoms with van der Waals surface area (Å²) in [4.78, 5) is 36.5. The van der Waals surface area contributed by atoms with Gasteiger partial charge in [-0.15, -0.1) is 0 Å². The molecule has 142 valence electrons. The fourth-order valence-corrected chi connectivity index (χ4v) is 2.37. The van der Waals surface area contributed by atoms with E-state index in [2.05, 4.69) is 10.6 Å². The lowest BCUT2D eigenvalue weighted by Gasteiger charge is -2.18. The Morgan fingerprint density at radius 1 is 1.15 bits per heavy atom. The number of nitrogens with one attached hydrogen (secondary N) is 2. The van der Waals surface area contributed by atoms with E-state index in [1.165, 1.54) is 26.3 Å². The quantitative estimate of drug-likeness (QED) is 0.531. The van der Waals surface area contributed by atoms with Crippen LogP contribution in [0, 0.1) is 0 Å². The average Bonchev–Trinajstić information content (AvgIpc) is 2.67. The van der Waals surface area contributed by atoms with E-state index in [-0.39, 0.29) is 22.0 Å². The Kier molecular flexibility index (Phi) is 6.62. The first-order valence-corrected chi connectivity index (χ1v) is 8.16. The number of anilines is 1. The number of hydrogen-bond donors (Lipinski definition) is 3. The molecule has 0 heterocycles. The minimum Gasteiger partial charge on any atom is -0.496 e. The van der Waals surface area contributed by atoms with Crippen LogP contribution in [0.2, 0.25) is 5.02 Å². The molecule has 0 unspecified atom stereocenters. The van der Waals surface area contributed by atoms with Gasteiger partial charge in [0.2, 0.25) is 6.10 Å². The maximum absolute atomic E-state index is 12.6. The molecule has 0 bridgehead atoms. The van der Waals surface area contributed by atoms with Crippen LogP contribution in [0.5, 0.6) is 5.75 Å². The molecular weight excluding hydrogens is 374 g/mol. The van der Waals surface area contributed by atoms with E-state index in [0.717, 1.165) is 0 Å². The second-order valence-electron chi connectivity index (χ2n) is 5.34. The van der Waals surface area contributed by atoms with E-state index >= 15 is 0 Å². The highest BCUT2D eigenvalue weighted by Gasteiger charge is 2.28. The first-order valence-electron chi connectivity index (χ1n) is 7.78. The fourth-order valence-electron chi connectivity index (χ4n) is 2.21. The third-order valence-corrected chi connectivity index (χ3v) is 3.90. The largest absolute Gasteiger partial charge is 0.496 e. The summed E-state index contributed by atoms with van der Waals surface area (Å²) in [7, 11) is 2.71. The number of amides is 3. The van der Waals surface area contributed by atoms with Gasteiger partial charge in [0.25, 0.3) is 5.91 Å². The number of ether oxygens (including phenoxy) is 2. The lowest BCUT2D eigenvalue weighted by molar-refractivity contribution is -0.129. The molecule has 27 heavy (non-hydrogen) atoms. The Balaban J connectivity index is 2.35. The summed E-state index contributed by atoms with van der Waals surface area (Å²) < 4.78 is 10.5. The Hall–Kier alpha value is -3.26. The van der Waals surface area contributed by atoms with E-state index in [1.807, 2.05) is 0 Å². The highest BCUT2D eigenvalue weighted by molar-refractivity contribution is 6.33. The van der Waals surface area contributed by atoms with Crippen molar-refractivity contribution in [2.24, 2.45) is 0 Å². The molecule has 0 radical (unpaired) electrons. The Bertz CT molecular complexity index is 858. The van der Waals surface area contributed by atoms with Crippen molar-refractivity contribution >= 4 is 35.2 Å². The van der Waals surface area contributed by atoms with Gasteiger partial charge in [-0.05, 0) is 6.07 Å². The molecule has 0 aliphatic carbocycles. The van der Waals surface area contributed by atoms with E-state index in [0.29, 0.717) is 5.56 Å². The Morgan fingerprint density at radius 2 is 1.81 bits per heavy atom. The molecule has 9 heteroatoms. The summed E-state index contributed by atoms with van der Waals surface area (Å²) in [6.45, 7) is 0. The van der Waals surface area contributed by atoms with Gasteiger partial charge in [-0.2, -0.15) is 0 Å². The molecule has 0 aliphatic heterocycles. The maximum Gasteiger partial charge on any atom is 0.343 e. The van der Waals surface area contributed by atoms with Crippen LogP contribution >= 0.6 is 11.6 Å². The van der Waals surface area contributed by atoms with Crippen LogP contribution in [-0.2, 0) is 9.53 Å². The summed E-state index contributed by atoms with van der Waals surface area (Å²) >= 11 is 5.97. The number of halogens is 1. The molecule has 2 aromatic rings. The van der Waals surface area contributed by atoms with Crippen molar-refractivity contribution < 1.29 is 23.9 Å². The molecule has 2 rings (SSSR count). The van der Waals surface area contributed by atoms with Crippen molar-refractivity contribution in [1.82, 2.24) is 10.6 Å². The van der Waals surface area contributed by atoms with Crippen LogP contribution in [0.15, 0.2) is 42.5 Å². The number of nitrogens with two attached hydrogens (primary N) is 1. The minimum atomic E-state index is -1.36. The van der Waals surface area contributed by atoms with Crippen molar-refractivity contribution in [3.8, 4) is 5.75 Å². The van der Waals surface area contributed by atoms with Gasteiger partial charge in [0.15, 0.2) is 0 Å². The number of carbonyl (C=O) groups excluding carboxylic acids is 3. The maximum atomic E-state index is 12.6. The topological polar surface area (TPSA) is 120 Å². The lowest BCUT2D eigenvalue weighted by Crippen LogP contribution is -2.41. The SMILES string of the molecule is CNC(=O)NC(=O)[C@@H](OC(=O)c1cc(Cl)c(N)cc1OC)c1ccccc1. The standard InChI is InChI=1S/C18H18ClN3O5/c1-21-18(25)22-16(23)15(10-6-4-3-5-7-10)27-17(24)11-8-12(19)13(20)9-14(11)26-2/h3-9,15H,20H2,1-2H3,(H2,21,22,23,25)/t15-/m0/s1. The zero-order valence-corrected chi connectivity index (χ0v) is 15.4. The van der Waals surface area contributed by atoms with Gasteiger partial charge in [0.1, 0.15) is 11.3 Å². The molecule has 4 N–H and O–H groups in total. The highest BCUT2D eigenvalue weighted by Crippen LogP contribution is 2.30. The van der Waals surface area contributed by atoms with Gasteiger partial charge in [0.05, 0.1) is 17.8 Å². The molecule has 0 fully saturated rings. The number of rotatable bonds is 5. The predicted octanol–water partition coefficient (Wildman–Crippen LogP) is 2.28. The molecule has 0 spiro atoms. The summed E-state index contributed by atoms with van der Waals surface area (Å²) in [5.41, 5.74) is 6.30.